The molecule has 1 aromatic heterocycles. The Balaban J connectivity index is 1.68. The predicted octanol–water partition coefficient (Wildman–Crippen LogP) is 2.93. The van der Waals surface area contributed by atoms with Crippen LogP contribution in [0.4, 0.5) is 0 Å². The monoisotopic (exact) mass is 418 g/mol. The summed E-state index contributed by atoms with van der Waals surface area (Å²) in [6.07, 6.45) is 0.854. The Hall–Kier alpha value is -2.38. The molecule has 1 saturated heterocycles. The van der Waals surface area contributed by atoms with Crippen LogP contribution >= 0.6 is 11.6 Å². The number of aromatic amines is 1. The standard InChI is InChI=1S/C21H27ClN4O3/c1-14(2)12-15-13-18(24-23-15)20(27)26-10-8-25(9-11-26)19(21(28)29-3)16-6-4-5-7-17(16)22/h4-7,13-14,19H,8-12H2,1-3H3,(H,23,24). The number of hydrogen-bond acceptors (Lipinski definition) is 5. The number of aromatic nitrogens is 2. The van der Waals surface area contributed by atoms with E-state index in [0.717, 1.165) is 12.1 Å². The van der Waals surface area contributed by atoms with Gasteiger partial charge in [-0.05, 0) is 30.0 Å². The molecule has 0 bridgehead atoms. The fourth-order valence-electron chi connectivity index (χ4n) is 3.64. The highest BCUT2D eigenvalue weighted by atomic mass is 35.5. The van der Waals surface area contributed by atoms with Crippen LogP contribution in [-0.4, -0.2) is 65.2 Å². The summed E-state index contributed by atoms with van der Waals surface area (Å²) in [5, 5.41) is 7.65. The third-order valence-corrected chi connectivity index (χ3v) is 5.41. The second-order valence-electron chi connectivity index (χ2n) is 7.65. The lowest BCUT2D eigenvalue weighted by Gasteiger charge is -2.38. The number of ether oxygens (including phenoxy) is 1. The third kappa shape index (κ3) is 4.97. The maximum Gasteiger partial charge on any atom is 0.327 e. The molecule has 1 aromatic carbocycles. The van der Waals surface area contributed by atoms with Gasteiger partial charge in [-0.2, -0.15) is 5.10 Å². The predicted molar refractivity (Wildman–Crippen MR) is 111 cm³/mol. The van der Waals surface area contributed by atoms with Crippen molar-refractivity contribution in [3.05, 3.63) is 52.3 Å². The van der Waals surface area contributed by atoms with Crippen molar-refractivity contribution in [2.24, 2.45) is 5.92 Å². The quantitative estimate of drug-likeness (QED) is 0.729. The smallest absolute Gasteiger partial charge is 0.327 e. The van der Waals surface area contributed by atoms with Gasteiger partial charge in [-0.25, -0.2) is 4.79 Å². The molecule has 1 aliphatic heterocycles. The molecule has 2 aromatic rings. The molecule has 156 valence electrons. The lowest BCUT2D eigenvalue weighted by Crippen LogP contribution is -2.51. The second-order valence-corrected chi connectivity index (χ2v) is 8.06. The number of nitrogens with one attached hydrogen (secondary N) is 1. The zero-order valence-corrected chi connectivity index (χ0v) is 17.8. The molecule has 29 heavy (non-hydrogen) atoms. The molecule has 0 aliphatic carbocycles. The summed E-state index contributed by atoms with van der Waals surface area (Å²) in [5.41, 5.74) is 2.11. The molecule has 2 heterocycles. The Morgan fingerprint density at radius 3 is 2.52 bits per heavy atom. The van der Waals surface area contributed by atoms with Crippen LogP contribution in [0.15, 0.2) is 30.3 Å². The van der Waals surface area contributed by atoms with E-state index in [1.165, 1.54) is 7.11 Å². The lowest BCUT2D eigenvalue weighted by molar-refractivity contribution is -0.148. The van der Waals surface area contributed by atoms with Crippen LogP contribution in [0, 0.1) is 5.92 Å². The molecule has 7 nitrogen and oxygen atoms in total. The van der Waals surface area contributed by atoms with Gasteiger partial charge in [0.25, 0.3) is 5.91 Å². The molecule has 1 atom stereocenters. The Morgan fingerprint density at radius 2 is 1.90 bits per heavy atom. The van der Waals surface area contributed by atoms with E-state index in [0.29, 0.717) is 48.4 Å². The van der Waals surface area contributed by atoms with Crippen molar-refractivity contribution in [2.45, 2.75) is 26.3 Å². The molecule has 1 amide bonds. The third-order valence-electron chi connectivity index (χ3n) is 5.07. The summed E-state index contributed by atoms with van der Waals surface area (Å²) in [6.45, 7) is 6.34. The Labute approximate surface area is 176 Å². The van der Waals surface area contributed by atoms with Crippen LogP contribution in [0.25, 0.3) is 0 Å². The molecule has 1 fully saturated rings. The van der Waals surface area contributed by atoms with E-state index in [1.54, 1.807) is 11.0 Å². The first-order valence-electron chi connectivity index (χ1n) is 9.80. The van der Waals surface area contributed by atoms with Crippen LogP contribution < -0.4 is 0 Å². The SMILES string of the molecule is COC(=O)C(c1ccccc1Cl)N1CCN(C(=O)c2cc(CC(C)C)[nH]n2)CC1. The zero-order chi connectivity index (χ0) is 21.0. The highest BCUT2D eigenvalue weighted by Gasteiger charge is 2.34. The first-order chi connectivity index (χ1) is 13.9. The van der Waals surface area contributed by atoms with E-state index in [9.17, 15) is 9.59 Å². The van der Waals surface area contributed by atoms with E-state index in [4.69, 9.17) is 16.3 Å². The van der Waals surface area contributed by atoms with Crippen molar-refractivity contribution in [3.63, 3.8) is 0 Å². The highest BCUT2D eigenvalue weighted by molar-refractivity contribution is 6.31. The molecule has 1 aliphatic rings. The average molecular weight is 419 g/mol. The maximum atomic E-state index is 12.8. The van der Waals surface area contributed by atoms with Gasteiger partial charge in [0.2, 0.25) is 0 Å². The molecular formula is C21H27ClN4O3. The van der Waals surface area contributed by atoms with E-state index >= 15 is 0 Å². The zero-order valence-electron chi connectivity index (χ0n) is 17.0. The number of nitrogens with zero attached hydrogens (tertiary/aromatic N) is 3. The van der Waals surface area contributed by atoms with E-state index in [1.807, 2.05) is 29.2 Å². The van der Waals surface area contributed by atoms with Crippen molar-refractivity contribution in [2.75, 3.05) is 33.3 Å². The van der Waals surface area contributed by atoms with Crippen LogP contribution in [0.3, 0.4) is 0 Å². The first-order valence-corrected chi connectivity index (χ1v) is 10.2. The van der Waals surface area contributed by atoms with E-state index in [-0.39, 0.29) is 11.9 Å². The van der Waals surface area contributed by atoms with Gasteiger partial charge in [0.15, 0.2) is 0 Å². The fourth-order valence-corrected chi connectivity index (χ4v) is 3.88. The molecule has 3 rings (SSSR count). The van der Waals surface area contributed by atoms with Crippen LogP contribution in [-0.2, 0) is 16.0 Å². The molecule has 8 heteroatoms. The minimum Gasteiger partial charge on any atom is -0.468 e. The number of benzene rings is 1. The molecule has 0 radical (unpaired) electrons. The van der Waals surface area contributed by atoms with Crippen LogP contribution in [0.1, 0.15) is 41.6 Å². The van der Waals surface area contributed by atoms with E-state index in [2.05, 4.69) is 24.0 Å². The van der Waals surface area contributed by atoms with Crippen LogP contribution in [0.5, 0.6) is 0 Å². The normalized spacial score (nSPS) is 16.1. The fraction of sp³-hybridized carbons (Fsp3) is 0.476. The summed E-state index contributed by atoms with van der Waals surface area (Å²) >= 11 is 6.33. The molecule has 0 spiro atoms. The van der Waals surface area contributed by atoms with Gasteiger partial charge in [0, 0.05) is 36.9 Å². The van der Waals surface area contributed by atoms with Crippen LogP contribution in [0.2, 0.25) is 5.02 Å². The van der Waals surface area contributed by atoms with Crippen molar-refractivity contribution in [1.82, 2.24) is 20.0 Å². The summed E-state index contributed by atoms with van der Waals surface area (Å²) < 4.78 is 5.02. The number of carbonyl (C=O) groups excluding carboxylic acids is 2. The molecular weight excluding hydrogens is 392 g/mol. The number of methoxy groups -OCH3 is 1. The number of carbonyl (C=O) groups is 2. The lowest BCUT2D eigenvalue weighted by atomic mass is 10.0. The maximum absolute atomic E-state index is 12.8. The molecule has 1 N–H and O–H groups in total. The van der Waals surface area contributed by atoms with Gasteiger partial charge in [-0.3, -0.25) is 14.8 Å². The van der Waals surface area contributed by atoms with Gasteiger partial charge < -0.3 is 9.64 Å². The number of halogens is 1. The molecule has 0 saturated carbocycles. The van der Waals surface area contributed by atoms with Gasteiger partial charge in [0.1, 0.15) is 11.7 Å². The number of rotatable bonds is 6. The van der Waals surface area contributed by atoms with Gasteiger partial charge >= 0.3 is 5.97 Å². The summed E-state index contributed by atoms with van der Waals surface area (Å²) in [5.74, 6) is 0.0359. The largest absolute Gasteiger partial charge is 0.468 e. The van der Waals surface area contributed by atoms with Crippen molar-refractivity contribution >= 4 is 23.5 Å². The van der Waals surface area contributed by atoms with Crippen molar-refractivity contribution in [1.29, 1.82) is 0 Å². The minimum absolute atomic E-state index is 0.0942. The number of H-pyrrole nitrogens is 1. The van der Waals surface area contributed by atoms with Gasteiger partial charge in [-0.15, -0.1) is 0 Å². The van der Waals surface area contributed by atoms with Crippen molar-refractivity contribution < 1.29 is 14.3 Å². The van der Waals surface area contributed by atoms with Gasteiger partial charge in [-0.1, -0.05) is 43.6 Å². The Morgan fingerprint density at radius 1 is 1.21 bits per heavy atom. The Kier molecular flexibility index (Phi) is 6.92. The Bertz CT molecular complexity index is 859. The topological polar surface area (TPSA) is 78.5 Å². The van der Waals surface area contributed by atoms with E-state index < -0.39 is 6.04 Å². The van der Waals surface area contributed by atoms with Gasteiger partial charge in [0.05, 0.1) is 7.11 Å². The molecule has 1 unspecified atom stereocenters. The minimum atomic E-state index is -0.589. The number of piperazine rings is 1. The average Bonchev–Trinajstić information content (AvgIpc) is 3.17. The second kappa shape index (κ2) is 9.41. The number of amides is 1. The number of hydrogen-bond donors (Lipinski definition) is 1. The number of esters is 1. The summed E-state index contributed by atoms with van der Waals surface area (Å²) in [7, 11) is 1.37. The summed E-state index contributed by atoms with van der Waals surface area (Å²) in [6, 6.07) is 8.52. The first kappa shape index (κ1) is 21.3. The van der Waals surface area contributed by atoms with Crippen molar-refractivity contribution in [3.8, 4) is 0 Å². The summed E-state index contributed by atoms with van der Waals surface area (Å²) in [4.78, 5) is 29.1. The highest BCUT2D eigenvalue weighted by Crippen LogP contribution is 2.29.